The van der Waals surface area contributed by atoms with Gasteiger partial charge in [-0.2, -0.15) is 10.3 Å². The number of carbonyl (C=O) groups excluding carboxylic acids is 1. The van der Waals surface area contributed by atoms with Crippen molar-refractivity contribution in [2.24, 2.45) is 0 Å². The van der Waals surface area contributed by atoms with E-state index in [0.717, 1.165) is 23.4 Å². The van der Waals surface area contributed by atoms with Crippen molar-refractivity contribution >= 4 is 34.7 Å². The first-order chi connectivity index (χ1) is 16.8. The predicted octanol–water partition coefficient (Wildman–Crippen LogP) is 3.08. The van der Waals surface area contributed by atoms with Crippen molar-refractivity contribution in [1.29, 1.82) is 0 Å². The van der Waals surface area contributed by atoms with Gasteiger partial charge in [0, 0.05) is 35.0 Å². The van der Waals surface area contributed by atoms with Gasteiger partial charge < -0.3 is 20.6 Å². The summed E-state index contributed by atoms with van der Waals surface area (Å²) in [6.45, 7) is 3.90. The van der Waals surface area contributed by atoms with E-state index in [4.69, 9.17) is 17.0 Å². The Bertz CT molecular complexity index is 1290. The summed E-state index contributed by atoms with van der Waals surface area (Å²) in [6, 6.07) is 13.8. The van der Waals surface area contributed by atoms with E-state index in [1.54, 1.807) is 41.1 Å². The summed E-state index contributed by atoms with van der Waals surface area (Å²) in [5.74, 6) is -0.296. The van der Waals surface area contributed by atoms with Gasteiger partial charge in [-0.05, 0) is 56.8 Å². The van der Waals surface area contributed by atoms with E-state index in [9.17, 15) is 15.2 Å². The summed E-state index contributed by atoms with van der Waals surface area (Å²) in [5, 5.41) is 31.8. The van der Waals surface area contributed by atoms with Gasteiger partial charge in [0.15, 0.2) is 10.8 Å². The number of nitrogens with zero attached hydrogens (tertiary/aromatic N) is 2. The highest BCUT2D eigenvalue weighted by atomic mass is 32.1. The second-order valence-corrected chi connectivity index (χ2v) is 8.73. The molecule has 3 unspecified atom stereocenters. The maximum atomic E-state index is 11.8. The number of benzene rings is 2. The Kier molecular flexibility index (Phi) is 7.27. The molecule has 1 aliphatic carbocycles. The monoisotopic (exact) mass is 493 g/mol. The van der Waals surface area contributed by atoms with Gasteiger partial charge in [0.1, 0.15) is 5.69 Å². The van der Waals surface area contributed by atoms with E-state index < -0.39 is 11.2 Å². The number of methoxy groups -OCH3 is 1. The summed E-state index contributed by atoms with van der Waals surface area (Å²) >= 11 is 5.48. The average molecular weight is 494 g/mol. The molecule has 10 heteroatoms. The number of thiocarbonyl (C=S) groups is 1. The van der Waals surface area contributed by atoms with Gasteiger partial charge in [-0.15, -0.1) is 0 Å². The van der Waals surface area contributed by atoms with Gasteiger partial charge in [-0.25, -0.2) is 14.7 Å². The van der Waals surface area contributed by atoms with Crippen molar-refractivity contribution < 1.29 is 20.0 Å². The Morgan fingerprint density at radius 3 is 2.74 bits per heavy atom. The van der Waals surface area contributed by atoms with Crippen LogP contribution in [-0.4, -0.2) is 39.2 Å². The minimum atomic E-state index is -0.988. The van der Waals surface area contributed by atoms with Crippen molar-refractivity contribution in [3.05, 3.63) is 88.4 Å². The third-order valence-electron chi connectivity index (χ3n) is 6.02. The van der Waals surface area contributed by atoms with E-state index in [1.807, 2.05) is 26.0 Å². The highest BCUT2D eigenvalue weighted by molar-refractivity contribution is 7.80. The number of rotatable bonds is 6. The minimum Gasteiger partial charge on any atom is -0.595 e. The lowest BCUT2D eigenvalue weighted by Crippen LogP contribution is -2.99. The molecule has 1 heterocycles. The van der Waals surface area contributed by atoms with E-state index >= 15 is 0 Å². The van der Waals surface area contributed by atoms with Gasteiger partial charge in [-0.1, -0.05) is 30.4 Å². The van der Waals surface area contributed by atoms with Crippen LogP contribution in [-0.2, 0) is 4.74 Å². The van der Waals surface area contributed by atoms with Crippen LogP contribution in [0.2, 0.25) is 0 Å². The molecule has 2 aromatic carbocycles. The quantitative estimate of drug-likeness (QED) is 0.179. The smallest absolute Gasteiger partial charge is 0.337 e. The number of aryl methyl sites for hydroxylation is 1. The Morgan fingerprint density at radius 2 is 2.00 bits per heavy atom. The van der Waals surface area contributed by atoms with Crippen LogP contribution in [0.25, 0.3) is 5.69 Å². The highest BCUT2D eigenvalue weighted by Gasteiger charge is 2.27. The Hall–Kier alpha value is -3.57. The molecule has 0 amide bonds. The Labute approximate surface area is 208 Å². The molecule has 1 aromatic heterocycles. The third-order valence-corrected chi connectivity index (χ3v) is 6.24. The normalized spacial score (nSPS) is 17.7. The van der Waals surface area contributed by atoms with Gasteiger partial charge >= 0.3 is 5.97 Å². The number of anilines is 1. The van der Waals surface area contributed by atoms with Crippen molar-refractivity contribution in [2.45, 2.75) is 32.2 Å². The van der Waals surface area contributed by atoms with Crippen LogP contribution in [0.15, 0.2) is 60.7 Å². The molecule has 0 radical (unpaired) electrons. The number of esters is 1. The van der Waals surface area contributed by atoms with Crippen LogP contribution in [0.3, 0.4) is 0 Å². The number of nitrogens with one attached hydrogen (secondary N) is 3. The molecule has 0 saturated heterocycles. The number of allylic oxidation sites excluding steroid dienone is 1. The maximum absolute atomic E-state index is 11.8. The molecule has 1 aliphatic rings. The number of carbonyl (C=O) groups is 1. The van der Waals surface area contributed by atoms with Crippen molar-refractivity contribution in [1.82, 2.24) is 15.1 Å². The van der Waals surface area contributed by atoms with Crippen LogP contribution >= 0.6 is 12.2 Å². The van der Waals surface area contributed by atoms with E-state index in [0.29, 0.717) is 22.1 Å². The van der Waals surface area contributed by atoms with Gasteiger partial charge in [0.2, 0.25) is 0 Å². The second kappa shape index (κ2) is 10.4. The molecular weight excluding hydrogens is 466 g/mol. The standard InChI is InChI=1S/C25H27N5O4S/c1-15-23(16(2)29(28-15)21-9-4-5-10-22(21)30(32)33)17-11-12-20(13-17)27-25(35)26-19-8-6-7-18(14-19)24(31)34-3/h4-12,14,17,20,30,32H,13H2,1-3H3,(H2,26,27,35). The summed E-state index contributed by atoms with van der Waals surface area (Å²) in [7, 11) is 1.34. The van der Waals surface area contributed by atoms with Crippen molar-refractivity contribution in [2.75, 3.05) is 12.4 Å². The average Bonchev–Trinajstić information content (AvgIpc) is 3.41. The molecule has 3 atom stereocenters. The second-order valence-electron chi connectivity index (χ2n) is 8.32. The Morgan fingerprint density at radius 1 is 1.23 bits per heavy atom. The van der Waals surface area contributed by atoms with Gasteiger partial charge in [0.05, 0.1) is 18.4 Å². The van der Waals surface area contributed by atoms with Crippen LogP contribution in [0.4, 0.5) is 11.4 Å². The molecule has 0 spiro atoms. The topological polar surface area (TPSA) is 116 Å². The van der Waals surface area contributed by atoms with Crippen LogP contribution in [0.1, 0.15) is 39.6 Å². The first-order valence-electron chi connectivity index (χ1n) is 11.1. The number of quaternary nitrogens is 1. The molecule has 0 bridgehead atoms. The van der Waals surface area contributed by atoms with Gasteiger partial charge in [0.25, 0.3) is 0 Å². The maximum Gasteiger partial charge on any atom is 0.337 e. The first-order valence-corrected chi connectivity index (χ1v) is 11.5. The summed E-state index contributed by atoms with van der Waals surface area (Å²) in [4.78, 5) is 11.8. The van der Waals surface area contributed by atoms with E-state index in [2.05, 4.69) is 27.9 Å². The zero-order valence-electron chi connectivity index (χ0n) is 19.6. The van der Waals surface area contributed by atoms with Crippen molar-refractivity contribution in [3.63, 3.8) is 0 Å². The fourth-order valence-electron chi connectivity index (χ4n) is 4.46. The number of para-hydroxylation sites is 2. The molecule has 4 rings (SSSR count). The predicted molar refractivity (Wildman–Crippen MR) is 136 cm³/mol. The fourth-order valence-corrected chi connectivity index (χ4v) is 4.73. The molecule has 9 nitrogen and oxygen atoms in total. The van der Waals surface area contributed by atoms with Crippen LogP contribution < -0.4 is 15.9 Å². The zero-order valence-corrected chi connectivity index (χ0v) is 20.4. The molecule has 0 saturated carbocycles. The molecule has 182 valence electrons. The molecule has 35 heavy (non-hydrogen) atoms. The molecule has 3 aromatic rings. The number of hydrogen-bond donors (Lipinski definition) is 4. The summed E-state index contributed by atoms with van der Waals surface area (Å²) < 4.78 is 6.48. The minimum absolute atomic E-state index is 0.0113. The van der Waals surface area contributed by atoms with E-state index in [1.165, 1.54) is 7.11 Å². The lowest BCUT2D eigenvalue weighted by molar-refractivity contribution is -0.991. The molecule has 4 N–H and O–H groups in total. The lowest BCUT2D eigenvalue weighted by atomic mass is 9.96. The zero-order chi connectivity index (χ0) is 25.1. The molecular formula is C25H27N5O4S. The van der Waals surface area contributed by atoms with Crippen molar-refractivity contribution in [3.8, 4) is 5.69 Å². The fraction of sp³-hybridized carbons (Fsp3) is 0.240. The first kappa shape index (κ1) is 24.6. The highest BCUT2D eigenvalue weighted by Crippen LogP contribution is 2.34. The number of aromatic nitrogens is 2. The number of hydrogen-bond acceptors (Lipinski definition) is 6. The number of ether oxygens (including phenoxy) is 1. The van der Waals surface area contributed by atoms with Crippen LogP contribution in [0.5, 0.6) is 0 Å². The molecule has 0 fully saturated rings. The third kappa shape index (κ3) is 5.25. The molecule has 0 aliphatic heterocycles. The lowest BCUT2D eigenvalue weighted by Gasteiger charge is -2.18. The van der Waals surface area contributed by atoms with E-state index in [-0.39, 0.29) is 17.6 Å². The van der Waals surface area contributed by atoms with Gasteiger partial charge in [-0.3, -0.25) is 0 Å². The summed E-state index contributed by atoms with van der Waals surface area (Å²) in [6.07, 6.45) is 4.98. The largest absolute Gasteiger partial charge is 0.595 e. The summed E-state index contributed by atoms with van der Waals surface area (Å²) in [5.41, 5.74) is 4.73. The van der Waals surface area contributed by atoms with Crippen LogP contribution in [0, 0.1) is 19.1 Å². The Balaban J connectivity index is 1.45. The SMILES string of the molecule is COC(=O)c1cccc(NC(=S)NC2C=CC(c3c(C)nn(-c4ccccc4[NH+]([O-])O)c3C)C2)c1.